The minimum Gasteiger partial charge on any atom is -0.390 e. The van der Waals surface area contributed by atoms with Gasteiger partial charge in [0.25, 0.3) is 17.7 Å². The van der Waals surface area contributed by atoms with Crippen LogP contribution < -0.4 is 43.4 Å². The summed E-state index contributed by atoms with van der Waals surface area (Å²) in [5.74, 6) is -5.10. The lowest BCUT2D eigenvalue weighted by Gasteiger charge is -2.36. The van der Waals surface area contributed by atoms with E-state index in [1.54, 1.807) is 50.2 Å². The van der Waals surface area contributed by atoms with Gasteiger partial charge in [-0.3, -0.25) is 38.7 Å². The maximum atomic E-state index is 14.9. The van der Waals surface area contributed by atoms with Crippen molar-refractivity contribution in [3.8, 4) is 0 Å². The first-order chi connectivity index (χ1) is 32.6. The molecular weight excluding hydrogens is 885 g/mol. The number of ether oxygens (including phenoxy) is 1. The fraction of sp³-hybridized carbons (Fsp3) is 0.383. The van der Waals surface area contributed by atoms with Crippen LogP contribution in [-0.2, 0) is 35.3 Å². The summed E-state index contributed by atoms with van der Waals surface area (Å²) in [7, 11) is 0. The highest BCUT2D eigenvalue weighted by Gasteiger charge is 2.37. The van der Waals surface area contributed by atoms with Crippen molar-refractivity contribution < 1.29 is 47.1 Å². The number of carbonyl (C=O) groups excluding carboxylic acids is 7. The maximum absolute atomic E-state index is 14.9. The Balaban J connectivity index is 1.13. The standard InChI is InChI=1S/C47H57F2N11O8/c1-27(2)42(59-37(61)8-4-3-5-20-60-38(62)17-18-39(60)63)46(66)58-35(7-6-19-54-47(52)67)45(65)56-32-15-9-28(10-16-32)24-68-26-55-44(64)33-21-31(49)22-36-40(33)41(51)34(23-53-25-50)43(57-36)29-11-13-30(48)14-12-29/h9-18,21-22,25,27,34-35,42-43,51,57H,3-8,19-20,23-24,26H2,1-2H3,(H2,50,53)(H,55,64)(H,56,65)(H,58,66)(H,59,61)(H3,52,54,67)/t34?,35-,42-,43+/m0/s1. The third-order valence-electron chi connectivity index (χ3n) is 11.2. The van der Waals surface area contributed by atoms with Crippen LogP contribution in [0, 0.1) is 28.9 Å². The van der Waals surface area contributed by atoms with Crippen molar-refractivity contribution in [2.24, 2.45) is 28.3 Å². The first kappa shape index (κ1) is 51.4. The molecule has 362 valence electrons. The maximum Gasteiger partial charge on any atom is 0.312 e. The molecule has 0 radical (unpaired) electrons. The summed E-state index contributed by atoms with van der Waals surface area (Å²) in [6, 6.07) is 11.1. The Bertz CT molecular complexity index is 2380. The largest absolute Gasteiger partial charge is 0.390 e. The third kappa shape index (κ3) is 14.5. The zero-order valence-corrected chi connectivity index (χ0v) is 37.7. The Kier molecular flexibility index (Phi) is 18.8. The van der Waals surface area contributed by atoms with E-state index in [2.05, 4.69) is 36.9 Å². The molecule has 19 nitrogen and oxygen atoms in total. The second kappa shape index (κ2) is 24.8. The van der Waals surface area contributed by atoms with Crippen LogP contribution in [0.2, 0.25) is 0 Å². The van der Waals surface area contributed by atoms with Crippen molar-refractivity contribution in [3.63, 3.8) is 0 Å². The number of anilines is 2. The molecule has 21 heteroatoms. The average molecular weight is 942 g/mol. The summed E-state index contributed by atoms with van der Waals surface area (Å²) in [6.45, 7) is 3.70. The number of benzene rings is 3. The van der Waals surface area contributed by atoms with Gasteiger partial charge in [-0.15, -0.1) is 0 Å². The zero-order chi connectivity index (χ0) is 49.3. The molecule has 11 N–H and O–H groups in total. The lowest BCUT2D eigenvalue weighted by molar-refractivity contribution is -0.137. The molecule has 8 amide bonds. The summed E-state index contributed by atoms with van der Waals surface area (Å²) in [5.41, 5.74) is 12.7. The molecule has 4 atom stereocenters. The molecule has 0 aromatic heterocycles. The van der Waals surface area contributed by atoms with Gasteiger partial charge in [0.1, 0.15) is 30.4 Å². The number of aliphatic imine (C=N–C) groups is 1. The van der Waals surface area contributed by atoms with E-state index >= 15 is 0 Å². The number of rotatable bonds is 24. The summed E-state index contributed by atoms with van der Waals surface area (Å²) in [4.78, 5) is 93.4. The Morgan fingerprint density at radius 3 is 2.26 bits per heavy atom. The number of nitrogens with two attached hydrogens (primary N) is 2. The molecule has 3 aromatic rings. The molecule has 1 unspecified atom stereocenters. The molecule has 0 saturated carbocycles. The highest BCUT2D eigenvalue weighted by molar-refractivity contribution is 6.15. The van der Waals surface area contributed by atoms with Crippen LogP contribution in [0.4, 0.5) is 25.0 Å². The van der Waals surface area contributed by atoms with Gasteiger partial charge in [-0.1, -0.05) is 44.5 Å². The Labute approximate surface area is 391 Å². The van der Waals surface area contributed by atoms with Crippen LogP contribution in [0.15, 0.2) is 77.8 Å². The minimum absolute atomic E-state index is 0.0156. The molecule has 5 rings (SSSR count). The predicted octanol–water partition coefficient (Wildman–Crippen LogP) is 3.50. The number of hydrogen-bond donors (Lipinski definition) is 9. The van der Waals surface area contributed by atoms with Gasteiger partial charge in [0.15, 0.2) is 0 Å². The number of primary amides is 1. The number of unbranched alkanes of at least 4 members (excludes halogenated alkanes) is 2. The number of carbonyl (C=O) groups is 7. The zero-order valence-electron chi connectivity index (χ0n) is 37.7. The molecular formula is C47H57F2N11O8. The van der Waals surface area contributed by atoms with Crippen LogP contribution in [0.3, 0.4) is 0 Å². The van der Waals surface area contributed by atoms with Crippen molar-refractivity contribution >= 4 is 64.9 Å². The number of urea groups is 1. The van der Waals surface area contributed by atoms with Crippen LogP contribution >= 0.6 is 0 Å². The first-order valence-corrected chi connectivity index (χ1v) is 22.1. The smallest absolute Gasteiger partial charge is 0.312 e. The minimum atomic E-state index is -1.07. The first-order valence-electron chi connectivity index (χ1n) is 22.1. The van der Waals surface area contributed by atoms with E-state index in [4.69, 9.17) is 21.6 Å². The summed E-state index contributed by atoms with van der Waals surface area (Å²) >= 11 is 0. The van der Waals surface area contributed by atoms with Crippen LogP contribution in [0.5, 0.6) is 0 Å². The molecule has 0 spiro atoms. The van der Waals surface area contributed by atoms with Crippen molar-refractivity contribution in [2.75, 3.05) is 37.0 Å². The number of nitrogens with zero attached hydrogens (tertiary/aromatic N) is 2. The molecule has 2 aliphatic heterocycles. The van der Waals surface area contributed by atoms with Gasteiger partial charge in [-0.05, 0) is 79.1 Å². The van der Waals surface area contributed by atoms with Gasteiger partial charge in [0.2, 0.25) is 17.7 Å². The lowest BCUT2D eigenvalue weighted by atomic mass is 9.80. The highest BCUT2D eigenvalue weighted by Crippen LogP contribution is 2.39. The highest BCUT2D eigenvalue weighted by atomic mass is 19.1. The molecule has 0 bridgehead atoms. The molecule has 0 fully saturated rings. The number of imide groups is 1. The van der Waals surface area contributed by atoms with Gasteiger partial charge >= 0.3 is 6.03 Å². The Hall–Kier alpha value is -7.55. The van der Waals surface area contributed by atoms with E-state index in [0.717, 1.165) is 17.3 Å². The monoisotopic (exact) mass is 941 g/mol. The summed E-state index contributed by atoms with van der Waals surface area (Å²) in [6.07, 6.45) is 5.57. The quantitative estimate of drug-likeness (QED) is 0.0207. The number of hydrogen-bond acceptors (Lipinski definition) is 11. The van der Waals surface area contributed by atoms with Gasteiger partial charge in [-0.2, -0.15) is 0 Å². The molecule has 3 aromatic carbocycles. The van der Waals surface area contributed by atoms with E-state index in [-0.39, 0.29) is 98.4 Å². The molecule has 68 heavy (non-hydrogen) atoms. The fourth-order valence-electron chi connectivity index (χ4n) is 7.67. The van der Waals surface area contributed by atoms with E-state index in [1.165, 1.54) is 30.4 Å². The van der Waals surface area contributed by atoms with E-state index in [0.29, 0.717) is 36.1 Å². The van der Waals surface area contributed by atoms with Gasteiger partial charge in [0, 0.05) is 60.2 Å². The van der Waals surface area contributed by atoms with Crippen molar-refractivity contribution in [1.29, 1.82) is 5.41 Å². The van der Waals surface area contributed by atoms with E-state index in [9.17, 15) is 42.3 Å². The SMILES string of the molecule is CC(C)[C@H](NC(=O)CCCCCN1C(=O)C=CC1=O)C(=O)N[C@@H](CCCNC(N)=O)C(=O)Nc1ccc(COCNC(=O)c2cc(F)cc3c2C(=N)C(CN=CN)[C@@H](c2ccc(F)cc2)N3)cc1. The van der Waals surface area contributed by atoms with Crippen molar-refractivity contribution in [2.45, 2.75) is 77.1 Å². The van der Waals surface area contributed by atoms with Crippen LogP contribution in [-0.4, -0.2) is 96.9 Å². The fourth-order valence-corrected chi connectivity index (χ4v) is 7.67. The normalized spacial score (nSPS) is 16.2. The Morgan fingerprint density at radius 2 is 1.60 bits per heavy atom. The number of halogens is 2. The van der Waals surface area contributed by atoms with Gasteiger partial charge in [-0.25, -0.2) is 13.6 Å². The number of fused-ring (bicyclic) bond motifs is 1. The number of amides is 8. The van der Waals surface area contributed by atoms with E-state index in [1.807, 2.05) is 0 Å². The third-order valence-corrected chi connectivity index (χ3v) is 11.2. The van der Waals surface area contributed by atoms with Crippen LogP contribution in [0.25, 0.3) is 0 Å². The molecule has 0 aliphatic carbocycles. The molecule has 2 aliphatic rings. The molecule has 0 saturated heterocycles. The lowest BCUT2D eigenvalue weighted by Crippen LogP contribution is -2.54. The summed E-state index contributed by atoms with van der Waals surface area (Å²) in [5, 5.41) is 25.6. The number of nitrogens with one attached hydrogen (secondary N) is 7. The summed E-state index contributed by atoms with van der Waals surface area (Å²) < 4.78 is 34.4. The topological polar surface area (TPSA) is 292 Å². The van der Waals surface area contributed by atoms with Gasteiger partial charge < -0.3 is 53.5 Å². The molecule has 2 heterocycles. The Morgan fingerprint density at radius 1 is 0.897 bits per heavy atom. The van der Waals surface area contributed by atoms with E-state index < -0.39 is 59.4 Å². The average Bonchev–Trinajstić information content (AvgIpc) is 3.62. The van der Waals surface area contributed by atoms with Crippen LogP contribution in [0.1, 0.15) is 85.5 Å². The second-order valence-electron chi connectivity index (χ2n) is 16.5. The second-order valence-corrected chi connectivity index (χ2v) is 16.5. The van der Waals surface area contributed by atoms with Crippen molar-refractivity contribution in [3.05, 3.63) is 107 Å². The predicted molar refractivity (Wildman–Crippen MR) is 249 cm³/mol. The van der Waals surface area contributed by atoms with Crippen molar-refractivity contribution in [1.82, 2.24) is 26.2 Å². The van der Waals surface area contributed by atoms with Gasteiger partial charge in [0.05, 0.1) is 31.1 Å².